The molecule has 4 rings (SSSR count). The minimum atomic E-state index is -1.31. The Kier molecular flexibility index (Phi) is 16.2. The van der Waals surface area contributed by atoms with Crippen molar-refractivity contribution in [1.82, 2.24) is 10.3 Å². The fourth-order valence-electron chi connectivity index (χ4n) is 5.33. The number of nitro benzene ring substituents is 1. The minimum absolute atomic E-state index is 0.00443. The van der Waals surface area contributed by atoms with Crippen LogP contribution in [0, 0.1) is 21.4 Å². The van der Waals surface area contributed by atoms with E-state index in [1.54, 1.807) is 0 Å². The number of rotatable bonds is 21. The Morgan fingerprint density at radius 3 is 1.85 bits per heavy atom. The summed E-state index contributed by atoms with van der Waals surface area (Å²) in [7, 11) is 2.62. The van der Waals surface area contributed by atoms with Crippen LogP contribution in [0.3, 0.4) is 0 Å². The fraction of sp³-hybridized carbons (Fsp3) is 0.167. The molecule has 4 amide bonds. The van der Waals surface area contributed by atoms with Crippen molar-refractivity contribution in [3.8, 4) is 29.1 Å². The number of anilines is 3. The molecule has 4 aromatic rings. The summed E-state index contributed by atoms with van der Waals surface area (Å²) in [5.74, 6) is -3.74. The summed E-state index contributed by atoms with van der Waals surface area (Å²) < 4.78 is 27.9. The van der Waals surface area contributed by atoms with Gasteiger partial charge in [0, 0.05) is 17.7 Å². The molecule has 4 N–H and O–H groups in total. The number of nitro groups is 1. The number of carbonyl (C=O) groups excluding carboxylic acids is 5. The highest BCUT2D eigenvalue weighted by atomic mass is 16.6. The largest absolute Gasteiger partial charge is 0.491 e. The third kappa shape index (κ3) is 11.5. The number of carbonyl (C=O) groups is 5. The maximum Gasteiger partial charge on any atom is 0.342 e. The zero-order chi connectivity index (χ0) is 44.5. The van der Waals surface area contributed by atoms with Gasteiger partial charge in [-0.1, -0.05) is 38.0 Å². The highest BCUT2D eigenvalue weighted by Gasteiger charge is 2.27. The van der Waals surface area contributed by atoms with Crippen molar-refractivity contribution < 1.29 is 52.6 Å². The maximum absolute atomic E-state index is 13.8. The van der Waals surface area contributed by atoms with E-state index in [1.165, 1.54) is 87.2 Å². The molecule has 0 unspecified atom stereocenters. The van der Waals surface area contributed by atoms with Crippen LogP contribution in [0.25, 0.3) is 0 Å². The molecule has 0 radical (unpaired) electrons. The van der Waals surface area contributed by atoms with Crippen molar-refractivity contribution in [3.05, 3.63) is 137 Å². The third-order valence-electron chi connectivity index (χ3n) is 8.14. The molecule has 61 heavy (non-hydrogen) atoms. The average Bonchev–Trinajstić information content (AvgIpc) is 3.26. The molecule has 0 saturated heterocycles. The lowest BCUT2D eigenvalue weighted by molar-refractivity contribution is -0.384. The summed E-state index contributed by atoms with van der Waals surface area (Å²) in [6, 6.07) is 13.5. The third-order valence-corrected chi connectivity index (χ3v) is 8.14. The van der Waals surface area contributed by atoms with Crippen molar-refractivity contribution in [3.63, 3.8) is 0 Å². The van der Waals surface area contributed by atoms with Crippen LogP contribution in [-0.2, 0) is 9.53 Å². The Balaban J connectivity index is 1.53. The first-order valence-electron chi connectivity index (χ1n) is 17.9. The first-order chi connectivity index (χ1) is 29.4. The van der Waals surface area contributed by atoms with Crippen LogP contribution >= 0.6 is 0 Å². The number of non-ortho nitro benzene ring substituents is 1. The van der Waals surface area contributed by atoms with Crippen molar-refractivity contribution >= 4 is 52.3 Å². The van der Waals surface area contributed by atoms with E-state index >= 15 is 0 Å². The van der Waals surface area contributed by atoms with Crippen LogP contribution in [0.4, 0.5) is 22.7 Å². The molecule has 1 heterocycles. The van der Waals surface area contributed by atoms with Crippen molar-refractivity contribution in [2.45, 2.75) is 12.5 Å². The molecule has 0 fully saturated rings. The normalized spacial score (nSPS) is 10.6. The Morgan fingerprint density at radius 2 is 1.33 bits per heavy atom. The van der Waals surface area contributed by atoms with E-state index in [9.17, 15) is 39.3 Å². The lowest BCUT2D eigenvalue weighted by atomic mass is 10.1. The van der Waals surface area contributed by atoms with Gasteiger partial charge >= 0.3 is 5.97 Å². The van der Waals surface area contributed by atoms with E-state index < -0.39 is 47.0 Å². The van der Waals surface area contributed by atoms with Gasteiger partial charge in [-0.2, -0.15) is 5.26 Å². The number of pyridine rings is 1. The van der Waals surface area contributed by atoms with Gasteiger partial charge in [0.1, 0.15) is 37.1 Å². The number of hydrogen-bond donors (Lipinski definition) is 4. The Morgan fingerprint density at radius 1 is 0.754 bits per heavy atom. The summed E-state index contributed by atoms with van der Waals surface area (Å²) in [6.45, 7) is 10.7. The van der Waals surface area contributed by atoms with Gasteiger partial charge in [0.05, 0.1) is 60.5 Å². The van der Waals surface area contributed by atoms with Gasteiger partial charge in [0.25, 0.3) is 23.4 Å². The summed E-state index contributed by atoms with van der Waals surface area (Å²) in [5, 5.41) is 30.5. The molecule has 1 aromatic heterocycles. The zero-order valence-electron chi connectivity index (χ0n) is 32.9. The van der Waals surface area contributed by atoms with E-state index in [4.69, 9.17) is 23.7 Å². The number of methoxy groups -OCH3 is 2. The number of hydrogen-bond acceptors (Lipinski definition) is 14. The molecule has 1 atom stereocenters. The number of nitrogens with one attached hydrogen (secondary N) is 4. The Labute approximate surface area is 348 Å². The van der Waals surface area contributed by atoms with Crippen LogP contribution in [0.1, 0.15) is 48.0 Å². The number of nitrogens with zero attached hydrogens (tertiary/aromatic N) is 3. The lowest BCUT2D eigenvalue weighted by Gasteiger charge is -2.20. The van der Waals surface area contributed by atoms with Gasteiger partial charge in [-0.15, -0.1) is 0 Å². The standard InChI is InChI=1S/C42H39N7O12/c1-6-21-59-34-28(39(51)46-30-18-15-29(42(54)61-23-8-3)35(37(30)58-5)60-22-7-2)14-17-31(36(34)57-4)47-40(52)32-16-11-26(24-44-32)45-41(53)33(19-20-43)48-38(50)25-9-12-27(13-10-25)49(55)56/h6-18,24,33H,1-3,19,21-23H2,4-5H3,(H,45,53)(H,46,51)(H,47,52)(H,48,50)/t33-/m0/s1. The number of aromatic nitrogens is 1. The minimum Gasteiger partial charge on any atom is -0.491 e. The molecule has 0 bridgehead atoms. The number of nitriles is 1. The van der Waals surface area contributed by atoms with E-state index in [2.05, 4.69) is 46.0 Å². The summed E-state index contributed by atoms with van der Waals surface area (Å²) in [6.07, 6.45) is 5.07. The highest BCUT2D eigenvalue weighted by Crippen LogP contribution is 2.42. The van der Waals surface area contributed by atoms with Gasteiger partial charge in [0.2, 0.25) is 5.91 Å². The Bertz CT molecular complexity index is 2380. The summed E-state index contributed by atoms with van der Waals surface area (Å²) >= 11 is 0. The average molecular weight is 834 g/mol. The van der Waals surface area contributed by atoms with Crippen LogP contribution in [0.2, 0.25) is 0 Å². The predicted molar refractivity (Wildman–Crippen MR) is 221 cm³/mol. The van der Waals surface area contributed by atoms with Crippen molar-refractivity contribution in [2.75, 3.05) is 50.0 Å². The summed E-state index contributed by atoms with van der Waals surface area (Å²) in [5.41, 5.74) is 0.0294. The molecule has 0 saturated carbocycles. The second-order valence-corrected chi connectivity index (χ2v) is 12.2. The van der Waals surface area contributed by atoms with E-state index in [0.717, 1.165) is 12.1 Å². The molecule has 19 heteroatoms. The second kappa shape index (κ2) is 21.8. The molecular formula is C42H39N7O12. The topological polar surface area (TPSA) is 259 Å². The molecule has 0 aliphatic carbocycles. The Hall–Kier alpha value is -8.53. The van der Waals surface area contributed by atoms with E-state index in [-0.39, 0.29) is 88.0 Å². The monoisotopic (exact) mass is 833 g/mol. The SMILES string of the molecule is C=CCOC(=O)c1ccc(NC(=O)c2ccc(NC(=O)c3ccc(NC(=O)[C@H](CC#N)NC(=O)c4ccc([N+](=O)[O-])cc4)cn3)c(OC)c2OCC=C)c(OC)c1OCC=C. The number of amides is 4. The first kappa shape index (κ1) is 45.2. The van der Waals surface area contributed by atoms with Crippen molar-refractivity contribution in [1.29, 1.82) is 5.26 Å². The molecule has 3 aromatic carbocycles. The molecule has 314 valence electrons. The van der Waals surface area contributed by atoms with Gasteiger partial charge in [0.15, 0.2) is 23.0 Å². The van der Waals surface area contributed by atoms with Crippen LogP contribution < -0.4 is 40.2 Å². The molecular weight excluding hydrogens is 794 g/mol. The van der Waals surface area contributed by atoms with Crippen LogP contribution in [-0.4, -0.2) is 79.6 Å². The molecule has 19 nitrogen and oxygen atoms in total. The second-order valence-electron chi connectivity index (χ2n) is 12.2. The fourth-order valence-corrected chi connectivity index (χ4v) is 5.33. The van der Waals surface area contributed by atoms with Gasteiger partial charge < -0.3 is 45.0 Å². The molecule has 0 spiro atoms. The first-order valence-corrected chi connectivity index (χ1v) is 17.9. The quantitative estimate of drug-likeness (QED) is 0.0343. The zero-order valence-corrected chi connectivity index (χ0v) is 32.9. The summed E-state index contributed by atoms with van der Waals surface area (Å²) in [4.78, 5) is 80.1. The molecule has 0 aliphatic heterocycles. The van der Waals surface area contributed by atoms with E-state index in [1.807, 2.05) is 6.07 Å². The molecule has 0 aliphatic rings. The van der Waals surface area contributed by atoms with Gasteiger partial charge in [-0.25, -0.2) is 9.78 Å². The lowest BCUT2D eigenvalue weighted by Crippen LogP contribution is -2.43. The van der Waals surface area contributed by atoms with Gasteiger partial charge in [-0.05, 0) is 48.5 Å². The number of benzene rings is 3. The highest BCUT2D eigenvalue weighted by molar-refractivity contribution is 6.10. The van der Waals surface area contributed by atoms with Gasteiger partial charge in [-0.3, -0.25) is 29.3 Å². The number of ether oxygens (including phenoxy) is 5. The van der Waals surface area contributed by atoms with Crippen LogP contribution in [0.15, 0.2) is 105 Å². The van der Waals surface area contributed by atoms with Crippen LogP contribution in [0.5, 0.6) is 23.0 Å². The van der Waals surface area contributed by atoms with Crippen molar-refractivity contribution in [2.24, 2.45) is 0 Å². The van der Waals surface area contributed by atoms with E-state index in [0.29, 0.717) is 0 Å². The predicted octanol–water partition coefficient (Wildman–Crippen LogP) is 5.63. The number of esters is 1. The smallest absolute Gasteiger partial charge is 0.342 e. The maximum atomic E-state index is 13.8.